The van der Waals surface area contributed by atoms with E-state index in [0.717, 1.165) is 0 Å². The van der Waals surface area contributed by atoms with Gasteiger partial charge in [-0.3, -0.25) is 0 Å². The molecule has 0 rings (SSSR count). The summed E-state index contributed by atoms with van der Waals surface area (Å²) in [6.45, 7) is 6.25. The second-order valence-electron chi connectivity index (χ2n) is 1.50. The monoisotopic (exact) mass is 197 g/mol. The van der Waals surface area contributed by atoms with Gasteiger partial charge in [-0.05, 0) is 0 Å². The molecule has 0 fully saturated rings. The molecule has 0 saturated heterocycles. The molecule has 0 aliphatic carbocycles. The van der Waals surface area contributed by atoms with E-state index in [1.54, 1.807) is 0 Å². The van der Waals surface area contributed by atoms with E-state index in [4.69, 9.17) is 0 Å². The van der Waals surface area contributed by atoms with E-state index in [9.17, 15) is 0 Å². The Morgan fingerprint density at radius 1 is 1.00 bits per heavy atom. The third-order valence-electron chi connectivity index (χ3n) is 0. The van der Waals surface area contributed by atoms with Crippen molar-refractivity contribution in [2.75, 3.05) is 0 Å². The molecule has 0 amide bonds. The summed E-state index contributed by atoms with van der Waals surface area (Å²) in [6.07, 6.45) is 0. The molecule has 1 unspecified atom stereocenters. The minimum atomic E-state index is 0. The van der Waals surface area contributed by atoms with E-state index in [2.05, 4.69) is 20.8 Å². The SMILES string of the molecule is C[C-](C)C.P.[Pd]. The van der Waals surface area contributed by atoms with Gasteiger partial charge in [-0.1, -0.05) is 0 Å². The molecule has 0 aromatic carbocycles. The summed E-state index contributed by atoms with van der Waals surface area (Å²) in [5.74, 6) is 1.42. The van der Waals surface area contributed by atoms with Gasteiger partial charge in [0, 0.05) is 20.4 Å². The second-order valence-corrected chi connectivity index (χ2v) is 1.50. The molecule has 0 bridgehead atoms. The predicted octanol–water partition coefficient (Wildman–Crippen LogP) is 1.68. The van der Waals surface area contributed by atoms with E-state index >= 15 is 0 Å². The van der Waals surface area contributed by atoms with Crippen molar-refractivity contribution in [1.82, 2.24) is 0 Å². The minimum absolute atomic E-state index is 0. The molecule has 0 spiro atoms. The second kappa shape index (κ2) is 9.43. The predicted molar refractivity (Wildman–Crippen MR) is 31.4 cm³/mol. The van der Waals surface area contributed by atoms with Gasteiger partial charge in [-0.2, -0.15) is 30.7 Å². The number of hydrogen-bond acceptors (Lipinski definition) is 0. The summed E-state index contributed by atoms with van der Waals surface area (Å²) >= 11 is 0. The van der Waals surface area contributed by atoms with Crippen LogP contribution in [0.5, 0.6) is 0 Å². The van der Waals surface area contributed by atoms with Crippen molar-refractivity contribution in [1.29, 1.82) is 0 Å². The van der Waals surface area contributed by atoms with Gasteiger partial charge >= 0.3 is 0 Å². The summed E-state index contributed by atoms with van der Waals surface area (Å²) in [6, 6.07) is 0. The third kappa shape index (κ3) is 71.5. The van der Waals surface area contributed by atoms with Gasteiger partial charge in [0.25, 0.3) is 0 Å². The molecule has 0 radical (unpaired) electrons. The molecule has 0 aliphatic rings. The maximum atomic E-state index is 2.08. The summed E-state index contributed by atoms with van der Waals surface area (Å²) in [5.41, 5.74) is 0. The van der Waals surface area contributed by atoms with E-state index < -0.39 is 0 Å². The van der Waals surface area contributed by atoms with Crippen LogP contribution in [0.1, 0.15) is 20.8 Å². The zero-order valence-electron chi connectivity index (χ0n) is 4.52. The van der Waals surface area contributed by atoms with Crippen LogP contribution in [-0.4, -0.2) is 0 Å². The molecule has 0 aromatic heterocycles. The van der Waals surface area contributed by atoms with E-state index in [1.165, 1.54) is 5.92 Å². The van der Waals surface area contributed by atoms with Crippen molar-refractivity contribution in [2.45, 2.75) is 20.8 Å². The van der Waals surface area contributed by atoms with Crippen molar-refractivity contribution in [3.63, 3.8) is 0 Å². The van der Waals surface area contributed by atoms with Gasteiger partial charge in [0.2, 0.25) is 0 Å². The Labute approximate surface area is 57.4 Å². The first-order valence-electron chi connectivity index (χ1n) is 1.50. The Morgan fingerprint density at radius 3 is 1.00 bits per heavy atom. The van der Waals surface area contributed by atoms with Crippen LogP contribution in [0.2, 0.25) is 0 Å². The molecule has 0 aliphatic heterocycles. The van der Waals surface area contributed by atoms with Crippen molar-refractivity contribution < 1.29 is 20.4 Å². The first kappa shape index (κ1) is 15.7. The molecule has 2 heteroatoms. The zero-order valence-corrected chi connectivity index (χ0v) is 7.49. The van der Waals surface area contributed by atoms with Gasteiger partial charge in [-0.15, -0.1) is 0 Å². The first-order chi connectivity index (χ1) is 1.73. The Bertz CT molecular complexity index is 12.3. The summed E-state index contributed by atoms with van der Waals surface area (Å²) in [7, 11) is 0. The summed E-state index contributed by atoms with van der Waals surface area (Å²) in [4.78, 5) is 0. The number of rotatable bonds is 0. The van der Waals surface area contributed by atoms with Crippen LogP contribution in [0.25, 0.3) is 0 Å². The standard InChI is InChI=1S/C4H9.H3P.Pd/c1-4(2)3;;/h1-3H3;1H3;/q-1;;. The Balaban J connectivity index is -0.0000000450. The number of hydrogen-bond donors (Lipinski definition) is 0. The maximum Gasteiger partial charge on any atom is 0 e. The van der Waals surface area contributed by atoms with E-state index in [-0.39, 0.29) is 30.3 Å². The van der Waals surface area contributed by atoms with Crippen LogP contribution in [-0.2, 0) is 20.4 Å². The average Bonchev–Trinajstić information content (AvgIpc) is 0.811. The van der Waals surface area contributed by atoms with Crippen molar-refractivity contribution in [3.05, 3.63) is 5.92 Å². The molecule has 0 aromatic rings. The summed E-state index contributed by atoms with van der Waals surface area (Å²) < 4.78 is 0. The smallest absolute Gasteiger partial charge is 0 e. The minimum Gasteiger partial charge on any atom is -0.323 e. The first-order valence-corrected chi connectivity index (χ1v) is 1.50. The van der Waals surface area contributed by atoms with Crippen LogP contribution in [0.15, 0.2) is 0 Å². The largest absolute Gasteiger partial charge is 0.323 e. The van der Waals surface area contributed by atoms with E-state index in [1.807, 2.05) is 0 Å². The van der Waals surface area contributed by atoms with Gasteiger partial charge in [-0.25, -0.2) is 0 Å². The van der Waals surface area contributed by atoms with Crippen LogP contribution in [0, 0.1) is 5.92 Å². The van der Waals surface area contributed by atoms with Gasteiger partial charge in [0.05, 0.1) is 0 Å². The molecule has 1 atom stereocenters. The molecular formula is C4H12PPd-. The fourth-order valence-corrected chi connectivity index (χ4v) is 0. The van der Waals surface area contributed by atoms with E-state index in [0.29, 0.717) is 0 Å². The van der Waals surface area contributed by atoms with Crippen molar-refractivity contribution in [3.8, 4) is 0 Å². The van der Waals surface area contributed by atoms with Gasteiger partial charge in [0.1, 0.15) is 0 Å². The Kier molecular flexibility index (Phi) is 24.7. The molecular weight excluding hydrogens is 185 g/mol. The average molecular weight is 198 g/mol. The van der Waals surface area contributed by atoms with Crippen LogP contribution in [0.4, 0.5) is 0 Å². The Hall–Kier alpha value is 1.09. The molecule has 0 N–H and O–H groups in total. The van der Waals surface area contributed by atoms with Crippen LogP contribution >= 0.6 is 9.90 Å². The van der Waals surface area contributed by atoms with Crippen LogP contribution < -0.4 is 0 Å². The zero-order chi connectivity index (χ0) is 3.58. The molecule has 0 heterocycles. The Morgan fingerprint density at radius 2 is 1.00 bits per heavy atom. The molecule has 44 valence electrons. The fraction of sp³-hybridized carbons (Fsp3) is 0.750. The van der Waals surface area contributed by atoms with Crippen molar-refractivity contribution >= 4 is 9.90 Å². The topological polar surface area (TPSA) is 0 Å². The van der Waals surface area contributed by atoms with Gasteiger partial charge in [0.15, 0.2) is 0 Å². The maximum absolute atomic E-state index is 2.08. The van der Waals surface area contributed by atoms with Crippen molar-refractivity contribution in [2.24, 2.45) is 0 Å². The normalized spacial score (nSPS) is 6.00. The fourth-order valence-electron chi connectivity index (χ4n) is 0. The molecule has 0 nitrogen and oxygen atoms in total. The quantitative estimate of drug-likeness (QED) is 0.315. The molecule has 0 saturated carbocycles. The van der Waals surface area contributed by atoms with Crippen LogP contribution in [0.3, 0.4) is 0 Å². The summed E-state index contributed by atoms with van der Waals surface area (Å²) in [5, 5.41) is 0. The third-order valence-corrected chi connectivity index (χ3v) is 0. The van der Waals surface area contributed by atoms with Gasteiger partial charge < -0.3 is 5.92 Å². The molecule has 6 heavy (non-hydrogen) atoms.